The lowest BCUT2D eigenvalue weighted by molar-refractivity contribution is -0.361. The van der Waals surface area contributed by atoms with Crippen LogP contribution in [0.5, 0.6) is 0 Å². The fourth-order valence-corrected chi connectivity index (χ4v) is 0. The van der Waals surface area contributed by atoms with Gasteiger partial charge in [0, 0.05) is 0 Å². The zero-order chi connectivity index (χ0) is 2.71. The molecule has 0 unspecified atom stereocenters. The smallest absolute Gasteiger partial charge is 0.0711 e. The largest absolute Gasteiger partial charge is 0.870 e. The molecule has 0 atom stereocenters. The van der Waals surface area contributed by atoms with Gasteiger partial charge >= 0.3 is 0 Å². The summed E-state index contributed by atoms with van der Waals surface area (Å²) in [5, 5.41) is 0. The van der Waals surface area contributed by atoms with E-state index in [1.165, 1.54) is 0 Å². The minimum atomic E-state index is 0. The van der Waals surface area contributed by atoms with Crippen molar-refractivity contribution in [2.75, 3.05) is 6.54 Å². The molecule has 0 radical (unpaired) electrons. The first-order valence-electron chi connectivity index (χ1n) is 1.21. The molecule has 3 nitrogen and oxygen atoms in total. The van der Waals surface area contributed by atoms with Gasteiger partial charge in [-0.15, -0.1) is 0 Å². The number of hydrogen-bond donors (Lipinski definition) is 2. The average Bonchev–Trinajstić information content (AvgIpc) is 0.918. The maximum atomic E-state index is 3.49. The molecule has 0 aromatic carbocycles. The Bertz CT molecular complexity index is 7.61. The highest BCUT2D eigenvalue weighted by molar-refractivity contribution is 3.79. The van der Waals surface area contributed by atoms with E-state index < -0.39 is 0 Å². The summed E-state index contributed by atoms with van der Waals surface area (Å²) in [7, 11) is 0. The third kappa shape index (κ3) is 952. The van der Waals surface area contributed by atoms with Crippen LogP contribution < -0.4 is 11.9 Å². The number of hydrogen-bond acceptors (Lipinski definition) is 2. The molecule has 0 aromatic heterocycles. The molecular formula is C2H12N2O. The molecule has 0 saturated carbocycles. The quantitative estimate of drug-likeness (QED) is 0.400. The Kier molecular flexibility index (Phi) is 173. The topological polar surface area (TPSA) is 92.6 Å². The van der Waals surface area contributed by atoms with Crippen LogP contribution >= 0.6 is 0 Å². The molecule has 7 N–H and O–H groups in total. The van der Waals surface area contributed by atoms with Crippen LogP contribution in [0.1, 0.15) is 6.92 Å². The summed E-state index contributed by atoms with van der Waals surface area (Å²) >= 11 is 0. The van der Waals surface area contributed by atoms with Crippen LogP contribution in [0.4, 0.5) is 0 Å². The van der Waals surface area contributed by atoms with Crippen molar-refractivity contribution in [2.24, 2.45) is 0 Å². The monoisotopic (exact) mass is 80.1 g/mol. The van der Waals surface area contributed by atoms with E-state index in [1.807, 2.05) is 6.92 Å². The van der Waals surface area contributed by atoms with Gasteiger partial charge in [-0.25, -0.2) is 0 Å². The van der Waals surface area contributed by atoms with E-state index in [2.05, 4.69) is 5.73 Å². The summed E-state index contributed by atoms with van der Waals surface area (Å²) in [5.74, 6) is 0. The van der Waals surface area contributed by atoms with Gasteiger partial charge in [0.05, 0.1) is 6.54 Å². The molecular weight excluding hydrogens is 68.0 g/mol. The van der Waals surface area contributed by atoms with Gasteiger partial charge in [-0.3, -0.25) is 0 Å². The molecule has 0 aliphatic heterocycles. The van der Waals surface area contributed by atoms with Gasteiger partial charge in [-0.1, -0.05) is 0 Å². The summed E-state index contributed by atoms with van der Waals surface area (Å²) in [6.45, 7) is 3.01. The van der Waals surface area contributed by atoms with Crippen molar-refractivity contribution in [1.82, 2.24) is 6.15 Å². The molecule has 0 saturated heterocycles. The third-order valence-corrected chi connectivity index (χ3v) is 0. The van der Waals surface area contributed by atoms with E-state index in [0.717, 1.165) is 6.54 Å². The highest BCUT2D eigenvalue weighted by atomic mass is 16.0. The highest BCUT2D eigenvalue weighted by Crippen LogP contribution is 1.13. The predicted octanol–water partition coefficient (Wildman–Crippen LogP) is -0.767. The number of quaternary nitrogens is 1. The van der Waals surface area contributed by atoms with E-state index >= 15 is 0 Å². The van der Waals surface area contributed by atoms with Gasteiger partial charge in [0.25, 0.3) is 0 Å². The maximum absolute atomic E-state index is 3.49. The van der Waals surface area contributed by atoms with Crippen molar-refractivity contribution in [1.29, 1.82) is 0 Å². The predicted molar refractivity (Wildman–Crippen MR) is 20.4 cm³/mol. The minimum Gasteiger partial charge on any atom is -0.870 e. The van der Waals surface area contributed by atoms with Crippen molar-refractivity contribution in [3.8, 4) is 0 Å². The lowest BCUT2D eigenvalue weighted by atomic mass is 10.8. The van der Waals surface area contributed by atoms with Gasteiger partial charge in [0.2, 0.25) is 0 Å². The lowest BCUT2D eigenvalue weighted by Gasteiger charge is -1.49. The van der Waals surface area contributed by atoms with Crippen LogP contribution in [-0.4, -0.2) is 12.0 Å². The second kappa shape index (κ2) is 41.6. The maximum Gasteiger partial charge on any atom is 0.0711 e. The van der Waals surface area contributed by atoms with Crippen molar-refractivity contribution in [3.63, 3.8) is 0 Å². The van der Waals surface area contributed by atoms with Crippen molar-refractivity contribution >= 4 is 0 Å². The third-order valence-electron chi connectivity index (χ3n) is 0. The Hall–Kier alpha value is -0.120. The average molecular weight is 80.1 g/mol. The summed E-state index contributed by atoms with van der Waals surface area (Å²) in [6, 6.07) is 0. The van der Waals surface area contributed by atoms with Crippen LogP contribution in [0.3, 0.4) is 0 Å². The molecule has 0 bridgehead atoms. The van der Waals surface area contributed by atoms with E-state index in [-0.39, 0.29) is 11.6 Å². The van der Waals surface area contributed by atoms with Crippen molar-refractivity contribution in [3.05, 3.63) is 0 Å². The second-order valence-electron chi connectivity index (χ2n) is 0.500. The normalized spacial score (nSPS) is 3.60. The van der Waals surface area contributed by atoms with Crippen LogP contribution in [0.2, 0.25) is 0 Å². The summed E-state index contributed by atoms with van der Waals surface area (Å²) < 4.78 is 0. The van der Waals surface area contributed by atoms with Crippen LogP contribution in [0, 0.1) is 0 Å². The first-order chi connectivity index (χ1) is 1.41. The molecule has 0 rings (SSSR count). The molecule has 5 heavy (non-hydrogen) atoms. The highest BCUT2D eigenvalue weighted by Gasteiger charge is 1.37. The zero-order valence-corrected chi connectivity index (χ0v) is 3.57. The molecule has 3 heteroatoms. The standard InChI is InChI=1S/C2H7N.H3N.H2O/c1-2-3;;/h2-3H2,1H3;1H3;1H2. The van der Waals surface area contributed by atoms with Crippen LogP contribution in [0.15, 0.2) is 0 Å². The zero-order valence-electron chi connectivity index (χ0n) is 3.57. The molecule has 0 aliphatic rings. The molecule has 0 spiro atoms. The Morgan fingerprint density at radius 1 is 1.60 bits per heavy atom. The van der Waals surface area contributed by atoms with Crippen LogP contribution in [0.25, 0.3) is 0 Å². The van der Waals surface area contributed by atoms with Gasteiger partial charge in [0.15, 0.2) is 0 Å². The van der Waals surface area contributed by atoms with Gasteiger partial charge in [-0.05, 0) is 6.92 Å². The SMILES string of the molecule is CC[NH3+].N.[OH-]. The molecule has 0 amide bonds. The molecule has 0 aromatic rings. The molecule has 0 fully saturated rings. The summed E-state index contributed by atoms with van der Waals surface area (Å²) in [6.07, 6.45) is 0. The first-order valence-corrected chi connectivity index (χ1v) is 1.21. The van der Waals surface area contributed by atoms with E-state index in [1.54, 1.807) is 0 Å². The minimum absolute atomic E-state index is 0. The van der Waals surface area contributed by atoms with Gasteiger partial charge in [-0.2, -0.15) is 0 Å². The summed E-state index contributed by atoms with van der Waals surface area (Å²) in [5.41, 5.74) is 3.49. The van der Waals surface area contributed by atoms with Crippen molar-refractivity contribution in [2.45, 2.75) is 6.92 Å². The first kappa shape index (κ1) is 20.8. The molecule has 0 heterocycles. The Labute approximate surface area is 32.1 Å². The van der Waals surface area contributed by atoms with Gasteiger partial charge in [0.1, 0.15) is 0 Å². The van der Waals surface area contributed by atoms with E-state index in [0.29, 0.717) is 0 Å². The molecule has 36 valence electrons. The Morgan fingerprint density at radius 3 is 1.60 bits per heavy atom. The number of rotatable bonds is 0. The van der Waals surface area contributed by atoms with Crippen molar-refractivity contribution < 1.29 is 11.2 Å². The summed E-state index contributed by atoms with van der Waals surface area (Å²) in [4.78, 5) is 0. The Morgan fingerprint density at radius 2 is 1.60 bits per heavy atom. The fraction of sp³-hybridized carbons (Fsp3) is 1.00. The fourth-order valence-electron chi connectivity index (χ4n) is 0. The van der Waals surface area contributed by atoms with Crippen LogP contribution in [-0.2, 0) is 0 Å². The van der Waals surface area contributed by atoms with Gasteiger partial charge < -0.3 is 17.4 Å². The lowest BCUT2D eigenvalue weighted by Crippen LogP contribution is -2.48. The second-order valence-corrected chi connectivity index (χ2v) is 0.500. The molecule has 0 aliphatic carbocycles. The van der Waals surface area contributed by atoms with E-state index in [9.17, 15) is 0 Å². The Balaban J connectivity index is -0.0000000200. The van der Waals surface area contributed by atoms with E-state index in [4.69, 9.17) is 0 Å².